The smallest absolute Gasteiger partial charge is 0.260 e. The van der Waals surface area contributed by atoms with Gasteiger partial charge in [-0.25, -0.2) is 4.98 Å². The Morgan fingerprint density at radius 2 is 1.81 bits per heavy atom. The van der Waals surface area contributed by atoms with E-state index < -0.39 is 0 Å². The predicted molar refractivity (Wildman–Crippen MR) is 115 cm³/mol. The molecule has 1 amide bonds. The number of methoxy groups -OCH3 is 1. The molecule has 0 bridgehead atoms. The van der Waals surface area contributed by atoms with E-state index in [1.54, 1.807) is 12.0 Å². The molecule has 0 saturated heterocycles. The molecule has 27 heavy (non-hydrogen) atoms. The van der Waals surface area contributed by atoms with Crippen LogP contribution in [0.25, 0.3) is 10.2 Å². The number of nitrogens with zero attached hydrogens (tertiary/aromatic N) is 3. The lowest BCUT2D eigenvalue weighted by Gasteiger charge is -2.22. The lowest BCUT2D eigenvalue weighted by atomic mass is 10.1. The summed E-state index contributed by atoms with van der Waals surface area (Å²) in [6.07, 6.45) is 0. The lowest BCUT2D eigenvalue weighted by molar-refractivity contribution is 0.0985. The summed E-state index contributed by atoms with van der Waals surface area (Å²) >= 11 is 1.51. The number of rotatable bonds is 6. The van der Waals surface area contributed by atoms with Crippen molar-refractivity contribution >= 4 is 45.0 Å². The Labute approximate surface area is 170 Å². The summed E-state index contributed by atoms with van der Waals surface area (Å²) in [4.78, 5) is 21.7. The van der Waals surface area contributed by atoms with Crippen LogP contribution in [-0.4, -0.2) is 50.1 Å². The van der Waals surface area contributed by atoms with Gasteiger partial charge in [0.1, 0.15) is 11.3 Å². The number of para-hydroxylation sites is 1. The zero-order valence-electron chi connectivity index (χ0n) is 15.9. The summed E-state index contributed by atoms with van der Waals surface area (Å²) < 4.78 is 6.41. The van der Waals surface area contributed by atoms with E-state index in [0.29, 0.717) is 17.2 Å². The van der Waals surface area contributed by atoms with Crippen molar-refractivity contribution in [2.75, 3.05) is 39.2 Å². The van der Waals surface area contributed by atoms with Crippen LogP contribution in [0, 0.1) is 6.92 Å². The van der Waals surface area contributed by atoms with E-state index in [-0.39, 0.29) is 18.3 Å². The Morgan fingerprint density at radius 3 is 2.44 bits per heavy atom. The number of thiazole rings is 1. The summed E-state index contributed by atoms with van der Waals surface area (Å²) in [6.45, 7) is 3.34. The van der Waals surface area contributed by atoms with E-state index in [2.05, 4.69) is 4.90 Å². The van der Waals surface area contributed by atoms with Gasteiger partial charge < -0.3 is 9.64 Å². The van der Waals surface area contributed by atoms with Gasteiger partial charge in [-0.05, 0) is 45.3 Å². The fraction of sp³-hybridized carbons (Fsp3) is 0.300. The van der Waals surface area contributed by atoms with Gasteiger partial charge in [0.15, 0.2) is 5.13 Å². The highest BCUT2D eigenvalue weighted by Gasteiger charge is 2.22. The fourth-order valence-electron chi connectivity index (χ4n) is 2.63. The number of aryl methyl sites for hydroxylation is 1. The maximum absolute atomic E-state index is 13.1. The van der Waals surface area contributed by atoms with Crippen LogP contribution in [0.1, 0.15) is 15.9 Å². The molecule has 0 fully saturated rings. The highest BCUT2D eigenvalue weighted by atomic mass is 35.5. The maximum Gasteiger partial charge on any atom is 0.260 e. The second-order valence-corrected chi connectivity index (χ2v) is 7.44. The third kappa shape index (κ3) is 4.77. The molecule has 1 heterocycles. The Hall–Kier alpha value is -2.15. The van der Waals surface area contributed by atoms with Gasteiger partial charge in [-0.3, -0.25) is 9.69 Å². The molecule has 3 rings (SSSR count). The quantitative estimate of drug-likeness (QED) is 0.615. The van der Waals surface area contributed by atoms with Crippen molar-refractivity contribution in [3.8, 4) is 5.75 Å². The van der Waals surface area contributed by atoms with Gasteiger partial charge in [-0.15, -0.1) is 12.4 Å². The van der Waals surface area contributed by atoms with Crippen molar-refractivity contribution in [2.45, 2.75) is 6.92 Å². The van der Waals surface area contributed by atoms with Crippen LogP contribution in [0.15, 0.2) is 42.5 Å². The van der Waals surface area contributed by atoms with E-state index in [9.17, 15) is 4.79 Å². The first-order valence-electron chi connectivity index (χ1n) is 8.46. The number of aromatic nitrogens is 1. The first-order chi connectivity index (χ1) is 12.5. The van der Waals surface area contributed by atoms with Gasteiger partial charge in [0, 0.05) is 18.7 Å². The first-order valence-corrected chi connectivity index (χ1v) is 9.28. The molecule has 0 atom stereocenters. The molecule has 0 N–H and O–H groups in total. The van der Waals surface area contributed by atoms with Crippen LogP contribution in [0.5, 0.6) is 5.75 Å². The van der Waals surface area contributed by atoms with E-state index in [4.69, 9.17) is 9.72 Å². The van der Waals surface area contributed by atoms with Crippen molar-refractivity contribution < 1.29 is 9.53 Å². The molecule has 0 radical (unpaired) electrons. The van der Waals surface area contributed by atoms with Gasteiger partial charge in [0.05, 0.1) is 11.8 Å². The van der Waals surface area contributed by atoms with Crippen molar-refractivity contribution in [1.29, 1.82) is 0 Å². The molecule has 0 aliphatic carbocycles. The molecule has 0 saturated carbocycles. The average molecular weight is 406 g/mol. The number of carbonyl (C=O) groups excluding carboxylic acids is 1. The van der Waals surface area contributed by atoms with Crippen LogP contribution < -0.4 is 9.64 Å². The summed E-state index contributed by atoms with van der Waals surface area (Å²) in [7, 11) is 5.63. The molecule has 1 aromatic heterocycles. The van der Waals surface area contributed by atoms with Crippen molar-refractivity contribution in [3.63, 3.8) is 0 Å². The molecule has 0 spiro atoms. The number of amides is 1. The normalized spacial score (nSPS) is 10.7. The van der Waals surface area contributed by atoms with Crippen molar-refractivity contribution in [1.82, 2.24) is 9.88 Å². The van der Waals surface area contributed by atoms with Crippen molar-refractivity contribution in [2.24, 2.45) is 0 Å². The second-order valence-electron chi connectivity index (χ2n) is 6.43. The number of hydrogen-bond acceptors (Lipinski definition) is 5. The Morgan fingerprint density at radius 1 is 1.11 bits per heavy atom. The Balaban J connectivity index is 0.00000261. The Kier molecular flexibility index (Phi) is 7.18. The topological polar surface area (TPSA) is 45.7 Å². The van der Waals surface area contributed by atoms with Crippen LogP contribution in [-0.2, 0) is 0 Å². The first kappa shape index (κ1) is 21.2. The number of benzene rings is 2. The number of carbonyl (C=O) groups is 1. The predicted octanol–water partition coefficient (Wildman–Crippen LogP) is 4.24. The number of fused-ring (bicyclic) bond motifs is 1. The molecule has 3 aromatic rings. The van der Waals surface area contributed by atoms with E-state index >= 15 is 0 Å². The Bertz CT molecular complexity index is 909. The van der Waals surface area contributed by atoms with Crippen LogP contribution >= 0.6 is 23.7 Å². The fourth-order valence-corrected chi connectivity index (χ4v) is 3.64. The van der Waals surface area contributed by atoms with Gasteiger partial charge in [0.2, 0.25) is 0 Å². The number of ether oxygens (including phenoxy) is 1. The van der Waals surface area contributed by atoms with E-state index in [0.717, 1.165) is 28.1 Å². The molecule has 0 aliphatic heterocycles. The molecule has 0 aliphatic rings. The minimum Gasteiger partial charge on any atom is -0.494 e. The number of halogens is 1. The lowest BCUT2D eigenvalue weighted by Crippen LogP contribution is -2.36. The molecule has 2 aromatic carbocycles. The minimum atomic E-state index is -0.0372. The molecular formula is C20H24ClN3O2S. The van der Waals surface area contributed by atoms with E-state index in [1.807, 2.05) is 63.5 Å². The number of hydrogen-bond donors (Lipinski definition) is 0. The average Bonchev–Trinajstić information content (AvgIpc) is 3.05. The summed E-state index contributed by atoms with van der Waals surface area (Å²) in [5.41, 5.74) is 2.59. The summed E-state index contributed by atoms with van der Waals surface area (Å²) in [5.74, 6) is 0.685. The number of anilines is 1. The second kappa shape index (κ2) is 9.17. The standard InChI is InChI=1S/C20H23N3O2S.ClH/c1-14-8-10-15(11-9-14)19(24)23(13-12-22(2)3)20-21-18-16(25-4)6-5-7-17(18)26-20;/h5-11H,12-13H2,1-4H3;1H. The zero-order valence-corrected chi connectivity index (χ0v) is 17.6. The van der Waals surface area contributed by atoms with Gasteiger partial charge in [0.25, 0.3) is 5.91 Å². The highest BCUT2D eigenvalue weighted by molar-refractivity contribution is 7.22. The summed E-state index contributed by atoms with van der Waals surface area (Å²) in [5, 5.41) is 0.692. The van der Waals surface area contributed by atoms with E-state index in [1.165, 1.54) is 11.3 Å². The van der Waals surface area contributed by atoms with Gasteiger partial charge in [-0.2, -0.15) is 0 Å². The molecule has 7 heteroatoms. The molecular weight excluding hydrogens is 382 g/mol. The summed E-state index contributed by atoms with van der Waals surface area (Å²) in [6, 6.07) is 13.5. The maximum atomic E-state index is 13.1. The number of likely N-dealkylation sites (N-methyl/N-ethyl adjacent to an activating group) is 1. The molecule has 0 unspecified atom stereocenters. The van der Waals surface area contributed by atoms with Gasteiger partial charge in [-0.1, -0.05) is 35.1 Å². The largest absolute Gasteiger partial charge is 0.494 e. The van der Waals surface area contributed by atoms with Crippen LogP contribution in [0.4, 0.5) is 5.13 Å². The third-order valence-electron chi connectivity index (χ3n) is 4.14. The monoisotopic (exact) mass is 405 g/mol. The SMILES string of the molecule is COc1cccc2sc(N(CCN(C)C)C(=O)c3ccc(C)cc3)nc12.Cl. The molecule has 5 nitrogen and oxygen atoms in total. The van der Waals surface area contributed by atoms with Crippen LogP contribution in [0.3, 0.4) is 0 Å². The van der Waals surface area contributed by atoms with Gasteiger partial charge >= 0.3 is 0 Å². The van der Waals surface area contributed by atoms with Crippen LogP contribution in [0.2, 0.25) is 0 Å². The van der Waals surface area contributed by atoms with Crippen molar-refractivity contribution in [3.05, 3.63) is 53.6 Å². The zero-order chi connectivity index (χ0) is 18.7. The highest BCUT2D eigenvalue weighted by Crippen LogP contribution is 2.34. The molecule has 144 valence electrons. The minimum absolute atomic E-state index is 0. The third-order valence-corrected chi connectivity index (χ3v) is 5.18.